The van der Waals surface area contributed by atoms with Gasteiger partial charge in [-0.25, -0.2) is 0 Å². The molecule has 0 aliphatic heterocycles. The van der Waals surface area contributed by atoms with Crippen LogP contribution in [0.3, 0.4) is 0 Å². The van der Waals surface area contributed by atoms with Gasteiger partial charge in [0.25, 0.3) is 0 Å². The van der Waals surface area contributed by atoms with Crippen molar-refractivity contribution in [3.05, 3.63) is 23.8 Å². The first-order valence-corrected chi connectivity index (χ1v) is 3.67. The number of hydrogen-bond donors (Lipinski definition) is 2. The highest BCUT2D eigenvalue weighted by Crippen LogP contribution is 2.24. The number of rotatable bonds is 3. The number of phenols is 2. The van der Waals surface area contributed by atoms with Gasteiger partial charge in [-0.1, -0.05) is 6.07 Å². The third-order valence-corrected chi connectivity index (χ3v) is 1.60. The molecule has 0 spiro atoms. The number of aliphatic imine (C=N–C) groups is 1. The maximum absolute atomic E-state index is 9.10. The highest BCUT2D eigenvalue weighted by Gasteiger charge is 1.99. The molecule has 0 bridgehead atoms. The Kier molecular flexibility index (Phi) is 2.69. The third-order valence-electron chi connectivity index (χ3n) is 1.60. The smallest absolute Gasteiger partial charge is 0.157 e. The predicted molar refractivity (Wildman–Crippen MR) is 47.9 cm³/mol. The topological polar surface area (TPSA) is 52.8 Å². The van der Waals surface area contributed by atoms with Crippen LogP contribution in [0.15, 0.2) is 23.2 Å². The Hall–Kier alpha value is -1.51. The average molecular weight is 165 g/mol. The standard InChI is InChI=1S/C9H11NO2/c1-10-5-4-7-2-3-8(11)9(12)6-7/h2-3,6,11-12H,1,4-5H2. The first-order chi connectivity index (χ1) is 5.74. The predicted octanol–water partition coefficient (Wildman–Crippen LogP) is 1.34. The second-order valence-corrected chi connectivity index (χ2v) is 2.52. The Bertz CT molecular complexity index is 284. The molecule has 0 heterocycles. The van der Waals surface area contributed by atoms with Crippen molar-refractivity contribution >= 4 is 6.72 Å². The van der Waals surface area contributed by atoms with Gasteiger partial charge >= 0.3 is 0 Å². The van der Waals surface area contributed by atoms with Crippen molar-refractivity contribution in [1.82, 2.24) is 0 Å². The third kappa shape index (κ3) is 1.99. The Morgan fingerprint density at radius 2 is 2.00 bits per heavy atom. The lowest BCUT2D eigenvalue weighted by atomic mass is 10.1. The lowest BCUT2D eigenvalue weighted by Crippen LogP contribution is -1.87. The van der Waals surface area contributed by atoms with E-state index in [1.807, 2.05) is 0 Å². The van der Waals surface area contributed by atoms with Crippen LogP contribution in [0.2, 0.25) is 0 Å². The summed E-state index contributed by atoms with van der Waals surface area (Å²) in [4.78, 5) is 3.69. The fraction of sp³-hybridized carbons (Fsp3) is 0.222. The van der Waals surface area contributed by atoms with E-state index in [4.69, 9.17) is 10.2 Å². The van der Waals surface area contributed by atoms with Crippen LogP contribution in [0.5, 0.6) is 11.5 Å². The minimum atomic E-state index is -0.0923. The lowest BCUT2D eigenvalue weighted by molar-refractivity contribution is 0.403. The van der Waals surface area contributed by atoms with Crippen molar-refractivity contribution in [3.8, 4) is 11.5 Å². The zero-order valence-electron chi connectivity index (χ0n) is 6.70. The van der Waals surface area contributed by atoms with E-state index >= 15 is 0 Å². The van der Waals surface area contributed by atoms with E-state index in [-0.39, 0.29) is 11.5 Å². The Labute approximate surface area is 71.0 Å². The van der Waals surface area contributed by atoms with Crippen LogP contribution in [-0.2, 0) is 6.42 Å². The zero-order chi connectivity index (χ0) is 8.97. The Balaban J connectivity index is 2.75. The minimum absolute atomic E-state index is 0.0865. The number of benzene rings is 1. The molecular formula is C9H11NO2. The highest BCUT2D eigenvalue weighted by atomic mass is 16.3. The molecule has 1 rings (SSSR count). The molecule has 0 amide bonds. The largest absolute Gasteiger partial charge is 0.504 e. The molecule has 0 radical (unpaired) electrons. The Morgan fingerprint density at radius 3 is 2.58 bits per heavy atom. The molecule has 0 atom stereocenters. The van der Waals surface area contributed by atoms with E-state index in [0.29, 0.717) is 6.54 Å². The molecule has 2 N–H and O–H groups in total. The minimum Gasteiger partial charge on any atom is -0.504 e. The van der Waals surface area contributed by atoms with Gasteiger partial charge < -0.3 is 15.2 Å². The van der Waals surface area contributed by atoms with Gasteiger partial charge in [-0.15, -0.1) is 0 Å². The van der Waals surface area contributed by atoms with Crippen molar-refractivity contribution in [2.24, 2.45) is 4.99 Å². The second-order valence-electron chi connectivity index (χ2n) is 2.52. The summed E-state index contributed by atoms with van der Waals surface area (Å²) in [5.41, 5.74) is 0.942. The summed E-state index contributed by atoms with van der Waals surface area (Å²) in [6.07, 6.45) is 0.733. The number of nitrogens with zero attached hydrogens (tertiary/aromatic N) is 1. The van der Waals surface area contributed by atoms with Crippen LogP contribution in [0, 0.1) is 0 Å². The normalized spacial score (nSPS) is 9.67. The van der Waals surface area contributed by atoms with Crippen LogP contribution in [0.4, 0.5) is 0 Å². The molecule has 1 aromatic rings. The van der Waals surface area contributed by atoms with E-state index in [1.165, 1.54) is 12.1 Å². The Morgan fingerprint density at radius 1 is 1.25 bits per heavy atom. The van der Waals surface area contributed by atoms with Crippen molar-refractivity contribution < 1.29 is 10.2 Å². The van der Waals surface area contributed by atoms with Crippen LogP contribution in [0.25, 0.3) is 0 Å². The van der Waals surface area contributed by atoms with Gasteiger partial charge in [-0.05, 0) is 30.8 Å². The van der Waals surface area contributed by atoms with Gasteiger partial charge in [-0.3, -0.25) is 0 Å². The lowest BCUT2D eigenvalue weighted by Gasteiger charge is -2.00. The maximum atomic E-state index is 9.10. The summed E-state index contributed by atoms with van der Waals surface area (Å²) in [7, 11) is 0. The summed E-state index contributed by atoms with van der Waals surface area (Å²) < 4.78 is 0. The first kappa shape index (κ1) is 8.59. The van der Waals surface area contributed by atoms with Gasteiger partial charge in [0.15, 0.2) is 11.5 Å². The molecule has 0 aromatic heterocycles. The van der Waals surface area contributed by atoms with Crippen LogP contribution in [-0.4, -0.2) is 23.5 Å². The van der Waals surface area contributed by atoms with Gasteiger partial charge in [0.1, 0.15) is 0 Å². The van der Waals surface area contributed by atoms with E-state index in [9.17, 15) is 0 Å². The number of phenolic OH excluding ortho intramolecular Hbond substituents is 2. The molecule has 0 unspecified atom stereocenters. The molecule has 64 valence electrons. The SMILES string of the molecule is C=NCCc1ccc(O)c(O)c1. The van der Waals surface area contributed by atoms with Gasteiger partial charge in [0.05, 0.1) is 0 Å². The molecule has 1 aromatic carbocycles. The summed E-state index contributed by atoms with van der Waals surface area (Å²) in [6.45, 7) is 3.98. The van der Waals surface area contributed by atoms with Crippen LogP contribution in [0.1, 0.15) is 5.56 Å². The van der Waals surface area contributed by atoms with Crippen molar-refractivity contribution in [2.45, 2.75) is 6.42 Å². The van der Waals surface area contributed by atoms with Crippen molar-refractivity contribution in [1.29, 1.82) is 0 Å². The highest BCUT2D eigenvalue weighted by molar-refractivity contribution is 5.40. The number of aromatic hydroxyl groups is 2. The monoisotopic (exact) mass is 165 g/mol. The molecule has 0 aliphatic rings. The average Bonchev–Trinajstić information content (AvgIpc) is 2.07. The van der Waals surface area contributed by atoms with E-state index in [1.54, 1.807) is 6.07 Å². The fourth-order valence-electron chi connectivity index (χ4n) is 0.933. The second kappa shape index (κ2) is 3.76. The molecule has 0 fully saturated rings. The van der Waals surface area contributed by atoms with Crippen molar-refractivity contribution in [2.75, 3.05) is 6.54 Å². The number of hydrogen-bond acceptors (Lipinski definition) is 3. The maximum Gasteiger partial charge on any atom is 0.157 e. The molecule has 0 saturated heterocycles. The molecular weight excluding hydrogens is 154 g/mol. The van der Waals surface area contributed by atoms with Gasteiger partial charge in [0.2, 0.25) is 0 Å². The van der Waals surface area contributed by atoms with Gasteiger partial charge in [0, 0.05) is 6.54 Å². The van der Waals surface area contributed by atoms with E-state index in [0.717, 1.165) is 12.0 Å². The molecule has 3 heteroatoms. The molecule has 12 heavy (non-hydrogen) atoms. The van der Waals surface area contributed by atoms with E-state index < -0.39 is 0 Å². The molecule has 3 nitrogen and oxygen atoms in total. The summed E-state index contributed by atoms with van der Waals surface area (Å²) in [5.74, 6) is -0.179. The summed E-state index contributed by atoms with van der Waals surface area (Å²) >= 11 is 0. The molecule has 0 saturated carbocycles. The zero-order valence-corrected chi connectivity index (χ0v) is 6.70. The van der Waals surface area contributed by atoms with E-state index in [2.05, 4.69) is 11.7 Å². The first-order valence-electron chi connectivity index (χ1n) is 3.67. The van der Waals surface area contributed by atoms with Crippen LogP contribution < -0.4 is 0 Å². The molecule has 0 aliphatic carbocycles. The summed E-state index contributed by atoms with van der Waals surface area (Å²) in [5, 5.41) is 18.1. The summed E-state index contributed by atoms with van der Waals surface area (Å²) in [6, 6.07) is 4.74. The van der Waals surface area contributed by atoms with Crippen LogP contribution >= 0.6 is 0 Å². The fourth-order valence-corrected chi connectivity index (χ4v) is 0.933. The van der Waals surface area contributed by atoms with Crippen molar-refractivity contribution in [3.63, 3.8) is 0 Å². The quantitative estimate of drug-likeness (QED) is 0.524. The van der Waals surface area contributed by atoms with Gasteiger partial charge in [-0.2, -0.15) is 0 Å².